The van der Waals surface area contributed by atoms with Gasteiger partial charge in [-0.1, -0.05) is 19.8 Å². The summed E-state index contributed by atoms with van der Waals surface area (Å²) in [5, 5.41) is 12.9. The molecule has 2 rings (SSSR count). The van der Waals surface area contributed by atoms with E-state index in [1.165, 1.54) is 19.3 Å². The molecule has 1 aliphatic carbocycles. The van der Waals surface area contributed by atoms with Crippen molar-refractivity contribution in [3.8, 4) is 6.07 Å². The highest BCUT2D eigenvalue weighted by molar-refractivity contribution is 5.13. The molecule has 0 aromatic rings. The molecule has 0 bridgehead atoms. The van der Waals surface area contributed by atoms with Gasteiger partial charge in [-0.25, -0.2) is 0 Å². The minimum absolute atomic E-state index is 0.152. The highest BCUT2D eigenvalue weighted by atomic mass is 15.2. The van der Waals surface area contributed by atoms with Gasteiger partial charge in [0.1, 0.15) is 5.54 Å². The van der Waals surface area contributed by atoms with Gasteiger partial charge in [-0.05, 0) is 18.8 Å². The van der Waals surface area contributed by atoms with Gasteiger partial charge in [-0.15, -0.1) is 0 Å². The fourth-order valence-electron chi connectivity index (χ4n) is 3.10. The molecule has 0 aromatic heterocycles. The third-order valence-electron chi connectivity index (χ3n) is 4.14. The molecule has 2 atom stereocenters. The standard InChI is InChI=1S/C12H21N3/c1-11-4-2-3-5-12(11,10-13)15-8-6-14-7-9-15/h11,14H,2-9H2,1H3. The van der Waals surface area contributed by atoms with Gasteiger partial charge in [-0.2, -0.15) is 5.26 Å². The van der Waals surface area contributed by atoms with Crippen molar-refractivity contribution in [3.05, 3.63) is 0 Å². The smallest absolute Gasteiger partial charge is 0.111 e. The molecule has 1 heterocycles. The Morgan fingerprint density at radius 2 is 2.07 bits per heavy atom. The maximum Gasteiger partial charge on any atom is 0.111 e. The maximum atomic E-state index is 9.55. The summed E-state index contributed by atoms with van der Waals surface area (Å²) < 4.78 is 0. The van der Waals surface area contributed by atoms with Crippen LogP contribution in [0.3, 0.4) is 0 Å². The van der Waals surface area contributed by atoms with E-state index in [1.54, 1.807) is 0 Å². The van der Waals surface area contributed by atoms with Crippen LogP contribution in [0, 0.1) is 17.2 Å². The second kappa shape index (κ2) is 4.51. The van der Waals surface area contributed by atoms with Crippen molar-refractivity contribution in [2.75, 3.05) is 26.2 Å². The summed E-state index contributed by atoms with van der Waals surface area (Å²) in [5.74, 6) is 0.536. The quantitative estimate of drug-likeness (QED) is 0.705. The topological polar surface area (TPSA) is 39.1 Å². The SMILES string of the molecule is CC1CCCCC1(C#N)N1CCNCC1. The summed E-state index contributed by atoms with van der Waals surface area (Å²) in [5.41, 5.74) is -0.152. The predicted molar refractivity (Wildman–Crippen MR) is 60.4 cm³/mol. The first-order chi connectivity index (χ1) is 7.29. The van der Waals surface area contributed by atoms with E-state index in [-0.39, 0.29) is 5.54 Å². The molecule has 15 heavy (non-hydrogen) atoms. The van der Waals surface area contributed by atoms with E-state index in [2.05, 4.69) is 23.2 Å². The Hall–Kier alpha value is -0.590. The lowest BCUT2D eigenvalue weighted by Crippen LogP contribution is -2.59. The molecular weight excluding hydrogens is 186 g/mol. The minimum Gasteiger partial charge on any atom is -0.314 e. The van der Waals surface area contributed by atoms with Crippen LogP contribution in [-0.2, 0) is 0 Å². The zero-order valence-electron chi connectivity index (χ0n) is 9.63. The third-order valence-corrected chi connectivity index (χ3v) is 4.14. The van der Waals surface area contributed by atoms with Crippen molar-refractivity contribution < 1.29 is 0 Å². The number of nitrogens with zero attached hydrogens (tertiary/aromatic N) is 2. The zero-order chi connectivity index (χ0) is 10.7. The van der Waals surface area contributed by atoms with E-state index in [0.717, 1.165) is 32.6 Å². The molecular formula is C12H21N3. The van der Waals surface area contributed by atoms with Gasteiger partial charge in [0.05, 0.1) is 6.07 Å². The predicted octanol–water partition coefficient (Wildman–Crippen LogP) is 1.36. The van der Waals surface area contributed by atoms with Gasteiger partial charge in [0, 0.05) is 26.2 Å². The van der Waals surface area contributed by atoms with Crippen molar-refractivity contribution in [1.29, 1.82) is 5.26 Å². The summed E-state index contributed by atoms with van der Waals surface area (Å²) in [4.78, 5) is 2.42. The number of nitrogens with one attached hydrogen (secondary N) is 1. The van der Waals surface area contributed by atoms with Crippen molar-refractivity contribution in [3.63, 3.8) is 0 Å². The molecule has 2 aliphatic rings. The monoisotopic (exact) mass is 207 g/mol. The normalized spacial score (nSPS) is 38.5. The average molecular weight is 207 g/mol. The average Bonchev–Trinajstić information content (AvgIpc) is 2.31. The fourth-order valence-corrected chi connectivity index (χ4v) is 3.10. The number of piperazine rings is 1. The largest absolute Gasteiger partial charge is 0.314 e. The maximum absolute atomic E-state index is 9.55. The second-order valence-electron chi connectivity index (χ2n) is 4.92. The Morgan fingerprint density at radius 1 is 1.33 bits per heavy atom. The van der Waals surface area contributed by atoms with Crippen molar-refractivity contribution in [2.24, 2.45) is 5.92 Å². The summed E-state index contributed by atoms with van der Waals surface area (Å²) in [6, 6.07) is 2.64. The molecule has 2 unspecified atom stereocenters. The van der Waals surface area contributed by atoms with Gasteiger partial charge >= 0.3 is 0 Å². The van der Waals surface area contributed by atoms with Crippen molar-refractivity contribution in [2.45, 2.75) is 38.1 Å². The lowest BCUT2D eigenvalue weighted by molar-refractivity contribution is 0.0428. The Morgan fingerprint density at radius 3 is 2.67 bits per heavy atom. The van der Waals surface area contributed by atoms with E-state index in [4.69, 9.17) is 0 Å². The first-order valence-electron chi connectivity index (χ1n) is 6.16. The van der Waals surface area contributed by atoms with E-state index in [9.17, 15) is 5.26 Å². The molecule has 1 saturated carbocycles. The number of hydrogen-bond acceptors (Lipinski definition) is 3. The van der Waals surface area contributed by atoms with Crippen LogP contribution >= 0.6 is 0 Å². The highest BCUT2D eigenvalue weighted by Crippen LogP contribution is 2.37. The number of nitriles is 1. The Bertz CT molecular complexity index is 252. The third kappa shape index (κ3) is 1.89. The van der Waals surface area contributed by atoms with Crippen molar-refractivity contribution >= 4 is 0 Å². The van der Waals surface area contributed by atoms with Gasteiger partial charge in [0.2, 0.25) is 0 Å². The van der Waals surface area contributed by atoms with E-state index in [1.807, 2.05) is 0 Å². The zero-order valence-corrected chi connectivity index (χ0v) is 9.63. The molecule has 1 N–H and O–H groups in total. The van der Waals surface area contributed by atoms with Gasteiger partial charge < -0.3 is 5.32 Å². The molecule has 0 radical (unpaired) electrons. The Labute approximate surface area is 92.4 Å². The minimum atomic E-state index is -0.152. The van der Waals surface area contributed by atoms with Crippen LogP contribution < -0.4 is 5.32 Å². The van der Waals surface area contributed by atoms with Gasteiger partial charge in [0.15, 0.2) is 0 Å². The molecule has 0 aromatic carbocycles. The lowest BCUT2D eigenvalue weighted by atomic mass is 9.73. The summed E-state index contributed by atoms with van der Waals surface area (Å²) >= 11 is 0. The van der Waals surface area contributed by atoms with E-state index < -0.39 is 0 Å². The van der Waals surface area contributed by atoms with E-state index in [0.29, 0.717) is 5.92 Å². The van der Waals surface area contributed by atoms with Gasteiger partial charge in [-0.3, -0.25) is 4.90 Å². The first kappa shape index (κ1) is 10.9. The van der Waals surface area contributed by atoms with Crippen LogP contribution in [0.4, 0.5) is 0 Å². The molecule has 3 nitrogen and oxygen atoms in total. The molecule has 0 spiro atoms. The van der Waals surface area contributed by atoms with Crippen LogP contribution in [0.2, 0.25) is 0 Å². The molecule has 3 heteroatoms. The molecule has 1 aliphatic heterocycles. The van der Waals surface area contributed by atoms with Crippen LogP contribution in [0.5, 0.6) is 0 Å². The lowest BCUT2D eigenvalue weighted by Gasteiger charge is -2.47. The molecule has 1 saturated heterocycles. The fraction of sp³-hybridized carbons (Fsp3) is 0.917. The van der Waals surface area contributed by atoms with Crippen LogP contribution in [0.25, 0.3) is 0 Å². The highest BCUT2D eigenvalue weighted by Gasteiger charge is 2.43. The molecule has 84 valence electrons. The summed E-state index contributed by atoms with van der Waals surface area (Å²) in [6.07, 6.45) is 4.82. The summed E-state index contributed by atoms with van der Waals surface area (Å²) in [6.45, 7) is 6.41. The van der Waals surface area contributed by atoms with E-state index >= 15 is 0 Å². The van der Waals surface area contributed by atoms with Crippen molar-refractivity contribution in [1.82, 2.24) is 10.2 Å². The molecule has 2 fully saturated rings. The van der Waals surface area contributed by atoms with Crippen LogP contribution in [-0.4, -0.2) is 36.6 Å². The molecule has 0 amide bonds. The number of rotatable bonds is 1. The first-order valence-corrected chi connectivity index (χ1v) is 6.16. The number of hydrogen-bond donors (Lipinski definition) is 1. The summed E-state index contributed by atoms with van der Waals surface area (Å²) in [7, 11) is 0. The Kier molecular flexibility index (Phi) is 3.28. The van der Waals surface area contributed by atoms with Crippen LogP contribution in [0.1, 0.15) is 32.6 Å². The van der Waals surface area contributed by atoms with Gasteiger partial charge in [0.25, 0.3) is 0 Å². The Balaban J connectivity index is 2.15. The second-order valence-corrected chi connectivity index (χ2v) is 4.92. The van der Waals surface area contributed by atoms with Crippen LogP contribution in [0.15, 0.2) is 0 Å².